The quantitative estimate of drug-likeness (QED) is 0.683. The highest BCUT2D eigenvalue weighted by Crippen LogP contribution is 2.26. The Hall–Kier alpha value is -2.05. The van der Waals surface area contributed by atoms with Crippen molar-refractivity contribution in [1.29, 1.82) is 0 Å². The van der Waals surface area contributed by atoms with Crippen LogP contribution in [0, 0.1) is 5.82 Å². The van der Waals surface area contributed by atoms with Gasteiger partial charge < -0.3 is 10.3 Å². The summed E-state index contributed by atoms with van der Waals surface area (Å²) in [5.74, 6) is -0.755. The maximum absolute atomic E-state index is 13.6. The second-order valence-electron chi connectivity index (χ2n) is 4.93. The number of aromatic nitrogens is 2. The summed E-state index contributed by atoms with van der Waals surface area (Å²) in [7, 11) is 0. The molecule has 0 bridgehead atoms. The number of nitrogens with one attached hydrogen (secondary N) is 2. The van der Waals surface area contributed by atoms with Crippen molar-refractivity contribution in [1.82, 2.24) is 9.97 Å². The Morgan fingerprint density at radius 2 is 2.13 bits per heavy atom. The van der Waals surface area contributed by atoms with Gasteiger partial charge >= 0.3 is 0 Å². The highest BCUT2D eigenvalue weighted by Gasteiger charge is 2.18. The molecule has 0 radical (unpaired) electrons. The number of carbonyl (C=O) groups is 1. The predicted octanol–water partition coefficient (Wildman–Crippen LogP) is 4.47. The number of amides is 1. The van der Waals surface area contributed by atoms with E-state index in [2.05, 4.69) is 15.3 Å². The van der Waals surface area contributed by atoms with Gasteiger partial charge in [0.1, 0.15) is 5.82 Å². The van der Waals surface area contributed by atoms with Gasteiger partial charge in [-0.1, -0.05) is 35.5 Å². The molecule has 1 amide bonds. The first-order chi connectivity index (χ1) is 11.0. The molecule has 0 spiro atoms. The number of anilines is 1. The zero-order valence-electron chi connectivity index (χ0n) is 12.1. The van der Waals surface area contributed by atoms with Crippen LogP contribution in [0.2, 0.25) is 5.02 Å². The molecule has 0 saturated carbocycles. The van der Waals surface area contributed by atoms with Crippen molar-refractivity contribution in [3.05, 3.63) is 53.3 Å². The van der Waals surface area contributed by atoms with E-state index >= 15 is 0 Å². The molecule has 0 aliphatic heterocycles. The zero-order valence-corrected chi connectivity index (χ0v) is 13.7. The molecule has 0 aliphatic carbocycles. The lowest BCUT2D eigenvalue weighted by molar-refractivity contribution is -0.115. The van der Waals surface area contributed by atoms with Gasteiger partial charge in [0, 0.05) is 5.02 Å². The summed E-state index contributed by atoms with van der Waals surface area (Å²) in [5.41, 5.74) is 1.75. The van der Waals surface area contributed by atoms with E-state index in [1.54, 1.807) is 31.2 Å². The van der Waals surface area contributed by atoms with Gasteiger partial charge in [0.2, 0.25) is 5.91 Å². The third kappa shape index (κ3) is 3.65. The molecule has 118 valence electrons. The number of nitrogens with zero attached hydrogens (tertiary/aromatic N) is 1. The van der Waals surface area contributed by atoms with Crippen molar-refractivity contribution in [2.45, 2.75) is 17.3 Å². The molecule has 1 aromatic heterocycles. The molecule has 2 N–H and O–H groups in total. The molecule has 23 heavy (non-hydrogen) atoms. The lowest BCUT2D eigenvalue weighted by Gasteiger charge is -2.10. The average Bonchev–Trinajstić information content (AvgIpc) is 2.90. The van der Waals surface area contributed by atoms with Gasteiger partial charge in [0.05, 0.1) is 22.0 Å². The van der Waals surface area contributed by atoms with Crippen molar-refractivity contribution < 1.29 is 9.18 Å². The van der Waals surface area contributed by atoms with Gasteiger partial charge in [-0.05, 0) is 37.3 Å². The molecule has 7 heteroatoms. The minimum absolute atomic E-state index is 0.168. The van der Waals surface area contributed by atoms with Crippen LogP contribution in [0.15, 0.2) is 47.6 Å². The van der Waals surface area contributed by atoms with Crippen LogP contribution >= 0.6 is 23.4 Å². The summed E-state index contributed by atoms with van der Waals surface area (Å²) < 4.78 is 13.6. The Kier molecular flexibility index (Phi) is 4.54. The number of hydrogen-bond donors (Lipinski definition) is 2. The monoisotopic (exact) mass is 349 g/mol. The molecule has 3 aromatic rings. The van der Waals surface area contributed by atoms with Gasteiger partial charge in [0.25, 0.3) is 0 Å². The second kappa shape index (κ2) is 6.60. The SMILES string of the molecule is C[C@H](Sc1nc2ccc(Cl)cc2[nH]1)C(=O)Nc1ccccc1F. The van der Waals surface area contributed by atoms with Crippen LogP contribution in [-0.2, 0) is 4.79 Å². The van der Waals surface area contributed by atoms with Crippen molar-refractivity contribution in [3.63, 3.8) is 0 Å². The first-order valence-corrected chi connectivity index (χ1v) is 8.16. The molecule has 0 aliphatic rings. The topological polar surface area (TPSA) is 57.8 Å². The molecular weight excluding hydrogens is 337 g/mol. The van der Waals surface area contributed by atoms with E-state index < -0.39 is 11.1 Å². The molecular formula is C16H13ClFN3OS. The fraction of sp³-hybridized carbons (Fsp3) is 0.125. The number of hydrogen-bond acceptors (Lipinski definition) is 3. The van der Waals surface area contributed by atoms with Crippen molar-refractivity contribution in [2.75, 3.05) is 5.32 Å². The highest BCUT2D eigenvalue weighted by atomic mass is 35.5. The van der Waals surface area contributed by atoms with Crippen LogP contribution in [0.4, 0.5) is 10.1 Å². The number of imidazole rings is 1. The molecule has 4 nitrogen and oxygen atoms in total. The molecule has 1 heterocycles. The number of aromatic amines is 1. The van der Waals surface area contributed by atoms with E-state index in [-0.39, 0.29) is 11.6 Å². The molecule has 0 unspecified atom stereocenters. The maximum Gasteiger partial charge on any atom is 0.237 e. The minimum Gasteiger partial charge on any atom is -0.333 e. The first kappa shape index (κ1) is 15.8. The summed E-state index contributed by atoms with van der Waals surface area (Å²) >= 11 is 7.20. The third-order valence-corrected chi connectivity index (χ3v) is 4.43. The van der Waals surface area contributed by atoms with Gasteiger partial charge in [-0.3, -0.25) is 4.79 Å². The maximum atomic E-state index is 13.6. The van der Waals surface area contributed by atoms with E-state index in [4.69, 9.17) is 11.6 Å². The largest absolute Gasteiger partial charge is 0.333 e. The third-order valence-electron chi connectivity index (χ3n) is 3.21. The second-order valence-corrected chi connectivity index (χ2v) is 6.70. The fourth-order valence-electron chi connectivity index (χ4n) is 2.03. The Morgan fingerprint density at radius 1 is 1.35 bits per heavy atom. The number of halogens is 2. The van der Waals surface area contributed by atoms with E-state index in [0.29, 0.717) is 10.2 Å². The Labute approximate surface area is 141 Å². The number of rotatable bonds is 4. The summed E-state index contributed by atoms with van der Waals surface area (Å²) in [6.07, 6.45) is 0. The van der Waals surface area contributed by atoms with Crippen LogP contribution in [0.25, 0.3) is 11.0 Å². The average molecular weight is 350 g/mol. The van der Waals surface area contributed by atoms with Gasteiger partial charge in [-0.2, -0.15) is 0 Å². The number of carbonyl (C=O) groups excluding carboxylic acids is 1. The fourth-order valence-corrected chi connectivity index (χ4v) is 3.03. The van der Waals surface area contributed by atoms with E-state index in [0.717, 1.165) is 11.0 Å². The Morgan fingerprint density at radius 3 is 2.91 bits per heavy atom. The van der Waals surface area contributed by atoms with Crippen molar-refractivity contribution >= 4 is 46.0 Å². The normalized spacial score (nSPS) is 12.3. The summed E-state index contributed by atoms with van der Waals surface area (Å²) in [5, 5.41) is 3.36. The summed E-state index contributed by atoms with van der Waals surface area (Å²) in [4.78, 5) is 19.7. The molecule has 0 fully saturated rings. The number of benzene rings is 2. The van der Waals surface area contributed by atoms with Crippen molar-refractivity contribution in [3.8, 4) is 0 Å². The van der Waals surface area contributed by atoms with Crippen LogP contribution in [0.3, 0.4) is 0 Å². The summed E-state index contributed by atoms with van der Waals surface area (Å²) in [6.45, 7) is 1.74. The van der Waals surface area contributed by atoms with Crippen LogP contribution in [0.1, 0.15) is 6.92 Å². The van der Waals surface area contributed by atoms with E-state index in [9.17, 15) is 9.18 Å². The smallest absolute Gasteiger partial charge is 0.237 e. The minimum atomic E-state index is -0.462. The summed E-state index contributed by atoms with van der Waals surface area (Å²) in [6, 6.07) is 11.4. The standard InChI is InChI=1S/C16H13ClFN3OS/c1-9(15(22)19-12-5-3-2-4-11(12)18)23-16-20-13-7-6-10(17)8-14(13)21-16/h2-9H,1H3,(H,19,22)(H,20,21)/t9-/m0/s1. The van der Waals surface area contributed by atoms with Crippen LogP contribution < -0.4 is 5.32 Å². The number of fused-ring (bicyclic) bond motifs is 1. The number of para-hydroxylation sites is 1. The van der Waals surface area contributed by atoms with E-state index in [1.165, 1.54) is 23.9 Å². The predicted molar refractivity (Wildman–Crippen MR) is 91.5 cm³/mol. The zero-order chi connectivity index (χ0) is 16.4. The Balaban J connectivity index is 1.71. The van der Waals surface area contributed by atoms with Crippen LogP contribution in [0.5, 0.6) is 0 Å². The highest BCUT2D eigenvalue weighted by molar-refractivity contribution is 8.00. The molecule has 0 saturated heterocycles. The van der Waals surface area contributed by atoms with Gasteiger partial charge in [-0.25, -0.2) is 9.37 Å². The first-order valence-electron chi connectivity index (χ1n) is 6.90. The van der Waals surface area contributed by atoms with Gasteiger partial charge in [-0.15, -0.1) is 0 Å². The molecule has 1 atom stereocenters. The van der Waals surface area contributed by atoms with Gasteiger partial charge in [0.15, 0.2) is 5.16 Å². The lowest BCUT2D eigenvalue weighted by atomic mass is 10.3. The Bertz CT molecular complexity index is 867. The lowest BCUT2D eigenvalue weighted by Crippen LogP contribution is -2.23. The molecule has 2 aromatic carbocycles. The van der Waals surface area contributed by atoms with Crippen LogP contribution in [-0.4, -0.2) is 21.1 Å². The number of H-pyrrole nitrogens is 1. The van der Waals surface area contributed by atoms with E-state index in [1.807, 2.05) is 6.07 Å². The molecule has 3 rings (SSSR count). The van der Waals surface area contributed by atoms with Crippen molar-refractivity contribution in [2.24, 2.45) is 0 Å². The number of thioether (sulfide) groups is 1.